The van der Waals surface area contributed by atoms with Crippen LogP contribution in [0.3, 0.4) is 0 Å². The summed E-state index contributed by atoms with van der Waals surface area (Å²) in [6.45, 7) is 1.06. The van der Waals surface area contributed by atoms with Crippen molar-refractivity contribution in [2.45, 2.75) is 38.2 Å². The lowest BCUT2D eigenvalue weighted by Crippen LogP contribution is -2.22. The van der Waals surface area contributed by atoms with Crippen molar-refractivity contribution in [3.63, 3.8) is 0 Å². The molecule has 0 aromatic rings. The molecule has 0 radical (unpaired) electrons. The fourth-order valence-corrected chi connectivity index (χ4v) is 1.09. The standard InChI is InChI=1S/C8H14O/c1-2-8(3-1)9-6-7-4-5-7/h7-8H,1-6H2. The van der Waals surface area contributed by atoms with Crippen LogP contribution >= 0.6 is 0 Å². The third-order valence-corrected chi connectivity index (χ3v) is 2.32. The van der Waals surface area contributed by atoms with E-state index in [1.165, 1.54) is 32.1 Å². The van der Waals surface area contributed by atoms with Crippen molar-refractivity contribution >= 4 is 0 Å². The van der Waals surface area contributed by atoms with Gasteiger partial charge in [-0.2, -0.15) is 0 Å². The van der Waals surface area contributed by atoms with Crippen molar-refractivity contribution in [3.8, 4) is 0 Å². The Morgan fingerprint density at radius 2 is 1.89 bits per heavy atom. The Morgan fingerprint density at radius 1 is 1.11 bits per heavy atom. The molecule has 52 valence electrons. The summed E-state index contributed by atoms with van der Waals surface area (Å²) in [5.74, 6) is 0.950. The number of ether oxygens (including phenoxy) is 1. The molecule has 2 saturated carbocycles. The van der Waals surface area contributed by atoms with Crippen LogP contribution in [0.5, 0.6) is 0 Å². The Kier molecular flexibility index (Phi) is 1.46. The molecule has 9 heavy (non-hydrogen) atoms. The largest absolute Gasteiger partial charge is 0.378 e. The Morgan fingerprint density at radius 3 is 2.33 bits per heavy atom. The van der Waals surface area contributed by atoms with Crippen LogP contribution in [0.4, 0.5) is 0 Å². The molecule has 2 rings (SSSR count). The van der Waals surface area contributed by atoms with E-state index in [1.807, 2.05) is 0 Å². The summed E-state index contributed by atoms with van der Waals surface area (Å²) < 4.78 is 5.60. The molecule has 0 N–H and O–H groups in total. The summed E-state index contributed by atoms with van der Waals surface area (Å²) in [6.07, 6.45) is 7.56. The first-order valence-electron chi connectivity index (χ1n) is 4.07. The van der Waals surface area contributed by atoms with Gasteiger partial charge in [-0.05, 0) is 38.0 Å². The maximum atomic E-state index is 5.60. The maximum absolute atomic E-state index is 5.60. The van der Waals surface area contributed by atoms with Crippen LogP contribution in [-0.2, 0) is 4.74 Å². The minimum Gasteiger partial charge on any atom is -0.378 e. The van der Waals surface area contributed by atoms with Gasteiger partial charge in [-0.25, -0.2) is 0 Å². The maximum Gasteiger partial charge on any atom is 0.0575 e. The van der Waals surface area contributed by atoms with Crippen molar-refractivity contribution in [1.29, 1.82) is 0 Å². The summed E-state index contributed by atoms with van der Waals surface area (Å²) >= 11 is 0. The second-order valence-corrected chi connectivity index (χ2v) is 3.33. The molecule has 0 atom stereocenters. The van der Waals surface area contributed by atoms with Gasteiger partial charge in [0.2, 0.25) is 0 Å². The highest BCUT2D eigenvalue weighted by atomic mass is 16.5. The molecule has 2 aliphatic carbocycles. The van der Waals surface area contributed by atoms with Crippen LogP contribution < -0.4 is 0 Å². The van der Waals surface area contributed by atoms with Crippen molar-refractivity contribution in [1.82, 2.24) is 0 Å². The van der Waals surface area contributed by atoms with Gasteiger partial charge >= 0.3 is 0 Å². The summed E-state index contributed by atoms with van der Waals surface area (Å²) in [5, 5.41) is 0. The number of hydrogen-bond acceptors (Lipinski definition) is 1. The SMILES string of the molecule is C1CC(OCC2CC2)C1. The number of hydrogen-bond donors (Lipinski definition) is 0. The molecule has 1 heteroatoms. The molecular weight excluding hydrogens is 112 g/mol. The molecule has 0 saturated heterocycles. The molecular formula is C8H14O. The van der Waals surface area contributed by atoms with Gasteiger partial charge in [0.15, 0.2) is 0 Å². The Balaban J connectivity index is 1.55. The first-order valence-corrected chi connectivity index (χ1v) is 4.07. The molecule has 0 aromatic carbocycles. The van der Waals surface area contributed by atoms with Gasteiger partial charge in [0.25, 0.3) is 0 Å². The van der Waals surface area contributed by atoms with E-state index in [2.05, 4.69) is 0 Å². The van der Waals surface area contributed by atoms with E-state index in [0.717, 1.165) is 12.5 Å². The minimum absolute atomic E-state index is 0.658. The van der Waals surface area contributed by atoms with Gasteiger partial charge in [-0.3, -0.25) is 0 Å². The minimum atomic E-state index is 0.658. The van der Waals surface area contributed by atoms with E-state index in [4.69, 9.17) is 4.74 Å². The highest BCUT2D eigenvalue weighted by Gasteiger charge is 2.25. The summed E-state index contributed by atoms with van der Waals surface area (Å²) in [7, 11) is 0. The first-order chi connectivity index (χ1) is 4.45. The third-order valence-electron chi connectivity index (χ3n) is 2.32. The topological polar surface area (TPSA) is 9.23 Å². The van der Waals surface area contributed by atoms with Gasteiger partial charge in [-0.1, -0.05) is 0 Å². The van der Waals surface area contributed by atoms with Crippen LogP contribution in [-0.4, -0.2) is 12.7 Å². The van der Waals surface area contributed by atoms with Crippen LogP contribution in [0.1, 0.15) is 32.1 Å². The van der Waals surface area contributed by atoms with E-state index < -0.39 is 0 Å². The molecule has 0 aromatic heterocycles. The van der Waals surface area contributed by atoms with Crippen LogP contribution in [0.25, 0.3) is 0 Å². The summed E-state index contributed by atoms with van der Waals surface area (Å²) in [6, 6.07) is 0. The van der Waals surface area contributed by atoms with Gasteiger partial charge in [-0.15, -0.1) is 0 Å². The molecule has 1 nitrogen and oxygen atoms in total. The monoisotopic (exact) mass is 126 g/mol. The lowest BCUT2D eigenvalue weighted by atomic mass is 9.96. The normalized spacial score (nSPS) is 28.0. The van der Waals surface area contributed by atoms with E-state index in [0.29, 0.717) is 6.10 Å². The fraction of sp³-hybridized carbons (Fsp3) is 1.00. The lowest BCUT2D eigenvalue weighted by molar-refractivity contribution is -0.00312. The zero-order valence-electron chi connectivity index (χ0n) is 5.81. The molecule has 2 fully saturated rings. The van der Waals surface area contributed by atoms with E-state index in [-0.39, 0.29) is 0 Å². The van der Waals surface area contributed by atoms with Crippen LogP contribution in [0.2, 0.25) is 0 Å². The molecule has 0 spiro atoms. The van der Waals surface area contributed by atoms with Gasteiger partial charge in [0.05, 0.1) is 6.10 Å². The average molecular weight is 126 g/mol. The highest BCUT2D eigenvalue weighted by Crippen LogP contribution is 2.31. The average Bonchev–Trinajstić information content (AvgIpc) is 2.44. The quantitative estimate of drug-likeness (QED) is 0.561. The third kappa shape index (κ3) is 1.45. The predicted octanol–water partition coefficient (Wildman–Crippen LogP) is 1.97. The zero-order chi connectivity index (χ0) is 6.10. The van der Waals surface area contributed by atoms with Crippen LogP contribution in [0.15, 0.2) is 0 Å². The predicted molar refractivity (Wildman–Crippen MR) is 36.3 cm³/mol. The highest BCUT2D eigenvalue weighted by molar-refractivity contribution is 4.75. The Hall–Kier alpha value is -0.0400. The van der Waals surface area contributed by atoms with Gasteiger partial charge < -0.3 is 4.74 Å². The second kappa shape index (κ2) is 2.30. The molecule has 0 heterocycles. The van der Waals surface area contributed by atoms with E-state index in [9.17, 15) is 0 Å². The van der Waals surface area contributed by atoms with Gasteiger partial charge in [0.1, 0.15) is 0 Å². The van der Waals surface area contributed by atoms with Crippen molar-refractivity contribution < 1.29 is 4.74 Å². The Labute approximate surface area is 56.4 Å². The fourth-order valence-electron chi connectivity index (χ4n) is 1.09. The Bertz CT molecular complexity index is 92.7. The molecule has 0 aliphatic heterocycles. The molecule has 2 aliphatic rings. The molecule has 0 unspecified atom stereocenters. The molecule has 0 amide bonds. The lowest BCUT2D eigenvalue weighted by Gasteiger charge is -2.25. The van der Waals surface area contributed by atoms with E-state index in [1.54, 1.807) is 0 Å². The van der Waals surface area contributed by atoms with Crippen molar-refractivity contribution in [3.05, 3.63) is 0 Å². The van der Waals surface area contributed by atoms with Crippen molar-refractivity contribution in [2.75, 3.05) is 6.61 Å². The summed E-state index contributed by atoms with van der Waals surface area (Å²) in [5.41, 5.74) is 0. The smallest absolute Gasteiger partial charge is 0.0575 e. The second-order valence-electron chi connectivity index (χ2n) is 3.33. The van der Waals surface area contributed by atoms with Crippen molar-refractivity contribution in [2.24, 2.45) is 5.92 Å². The van der Waals surface area contributed by atoms with E-state index >= 15 is 0 Å². The first kappa shape index (κ1) is 5.72. The van der Waals surface area contributed by atoms with Gasteiger partial charge in [0, 0.05) is 6.61 Å². The zero-order valence-corrected chi connectivity index (χ0v) is 5.81. The number of rotatable bonds is 3. The van der Waals surface area contributed by atoms with Crippen LogP contribution in [0, 0.1) is 5.92 Å². The summed E-state index contributed by atoms with van der Waals surface area (Å²) in [4.78, 5) is 0. The molecule has 0 bridgehead atoms.